The van der Waals surface area contributed by atoms with Gasteiger partial charge in [0.15, 0.2) is 0 Å². The van der Waals surface area contributed by atoms with Crippen molar-refractivity contribution in [1.29, 1.82) is 0 Å². The third-order valence-corrected chi connectivity index (χ3v) is 8.35. The number of nitrogens with zero attached hydrogens (tertiary/aromatic N) is 1. The number of aromatic nitrogens is 2. The maximum Gasteiger partial charge on any atom is 0.364 e. The second-order valence-electron chi connectivity index (χ2n) is 10.4. The fourth-order valence-electron chi connectivity index (χ4n) is 4.58. The van der Waals surface area contributed by atoms with Crippen LogP contribution in [0.25, 0.3) is 0 Å². The molecule has 0 bridgehead atoms. The highest BCUT2D eigenvalue weighted by Crippen LogP contribution is 2.51. The Morgan fingerprint density at radius 3 is 2.05 bits per heavy atom. The molecule has 0 aromatic carbocycles. The van der Waals surface area contributed by atoms with Crippen LogP contribution in [-0.2, 0) is 18.6 Å². The molecule has 0 radical (unpaired) electrons. The molecule has 1 aliphatic heterocycles. The summed E-state index contributed by atoms with van der Waals surface area (Å²) in [5, 5.41) is 20.5. The Bertz CT molecular complexity index is 1030. The van der Waals surface area contributed by atoms with Gasteiger partial charge < -0.3 is 29.1 Å². The molecule has 1 aliphatic rings. The van der Waals surface area contributed by atoms with Crippen LogP contribution in [0, 0.1) is 0 Å². The van der Waals surface area contributed by atoms with Crippen LogP contribution in [0.5, 0.6) is 0 Å². The zero-order valence-corrected chi connectivity index (χ0v) is 24.8. The SMILES string of the molecule is CCCCCCCCCCCCCCCCOCCCOP(=O)(O)C(O)C1=C[C@@H](O)[C@H](n2ccc(=O)[nH]c2=O)O1. The molecule has 2 unspecified atom stereocenters. The molecule has 2 heterocycles. The third kappa shape index (κ3) is 12.8. The number of rotatable bonds is 23. The average molecular weight is 589 g/mol. The second-order valence-corrected chi connectivity index (χ2v) is 12.3. The second kappa shape index (κ2) is 19.4. The molecule has 0 fully saturated rings. The van der Waals surface area contributed by atoms with Gasteiger partial charge in [-0.05, 0) is 18.9 Å². The third-order valence-electron chi connectivity index (χ3n) is 6.92. The van der Waals surface area contributed by atoms with Crippen LogP contribution >= 0.6 is 7.60 Å². The zero-order valence-electron chi connectivity index (χ0n) is 23.9. The van der Waals surface area contributed by atoms with Gasteiger partial charge in [-0.3, -0.25) is 18.9 Å². The molecule has 1 aromatic heterocycles. The number of hydrogen-bond acceptors (Lipinski definition) is 8. The normalized spacial score (nSPS) is 19.2. The van der Waals surface area contributed by atoms with Crippen LogP contribution in [0.3, 0.4) is 0 Å². The highest BCUT2D eigenvalue weighted by molar-refractivity contribution is 7.53. The van der Waals surface area contributed by atoms with Crippen molar-refractivity contribution in [3.8, 4) is 0 Å². The Morgan fingerprint density at radius 2 is 1.48 bits per heavy atom. The molecular weight excluding hydrogens is 539 g/mol. The monoisotopic (exact) mass is 588 g/mol. The standard InChI is InChI=1S/C28H49N2O9P/c1-2-3-4-5-6-7-8-9-10-11-12-13-14-15-19-37-20-16-21-38-40(35,36)27(33)24-22-23(31)26(39-24)30-18-17-25(32)29-28(30)34/h17-18,22-23,26-27,31,33H,2-16,19-21H2,1H3,(H,35,36)(H,29,32,34)/t23-,26-,27?/m1/s1. The van der Waals surface area contributed by atoms with E-state index in [1.54, 1.807) is 0 Å². The number of H-pyrrole nitrogens is 1. The summed E-state index contributed by atoms with van der Waals surface area (Å²) < 4.78 is 29.3. The molecule has 0 saturated heterocycles. The quantitative estimate of drug-likeness (QED) is 0.105. The van der Waals surface area contributed by atoms with E-state index in [-0.39, 0.29) is 6.61 Å². The lowest BCUT2D eigenvalue weighted by molar-refractivity contribution is -0.0165. The Kier molecular flexibility index (Phi) is 16.7. The molecule has 0 spiro atoms. The van der Waals surface area contributed by atoms with Crippen LogP contribution in [-0.4, -0.2) is 56.4 Å². The van der Waals surface area contributed by atoms with Crippen molar-refractivity contribution in [3.63, 3.8) is 0 Å². The largest absolute Gasteiger partial charge is 0.468 e. The summed E-state index contributed by atoms with van der Waals surface area (Å²) in [6, 6.07) is 1.06. The molecule has 0 aliphatic carbocycles. The van der Waals surface area contributed by atoms with Gasteiger partial charge in [0.05, 0.1) is 6.61 Å². The predicted octanol–water partition coefficient (Wildman–Crippen LogP) is 4.72. The summed E-state index contributed by atoms with van der Waals surface area (Å²) in [5.74, 6) is -2.43. The Labute approximate surface area is 237 Å². The van der Waals surface area contributed by atoms with Gasteiger partial charge in [0.1, 0.15) is 11.9 Å². The highest BCUT2D eigenvalue weighted by Gasteiger charge is 2.41. The first-order chi connectivity index (χ1) is 19.3. The summed E-state index contributed by atoms with van der Waals surface area (Å²) in [6.07, 6.45) is 17.9. The molecule has 2 rings (SSSR count). The number of aliphatic hydroxyl groups excluding tert-OH is 2. The van der Waals surface area contributed by atoms with Crippen LogP contribution in [0.4, 0.5) is 0 Å². The van der Waals surface area contributed by atoms with E-state index in [1.807, 2.05) is 4.98 Å². The van der Waals surface area contributed by atoms with E-state index >= 15 is 0 Å². The Balaban J connectivity index is 1.48. The first-order valence-corrected chi connectivity index (χ1v) is 16.5. The van der Waals surface area contributed by atoms with Crippen molar-refractivity contribution in [2.75, 3.05) is 19.8 Å². The van der Waals surface area contributed by atoms with Gasteiger partial charge in [-0.25, -0.2) is 4.79 Å². The molecule has 1 aromatic rings. The van der Waals surface area contributed by atoms with Crippen molar-refractivity contribution in [2.45, 2.75) is 121 Å². The number of ether oxygens (including phenoxy) is 2. The minimum absolute atomic E-state index is 0.109. The fraction of sp³-hybridized carbons (Fsp3) is 0.786. The summed E-state index contributed by atoms with van der Waals surface area (Å²) in [4.78, 5) is 35.3. The molecule has 4 N–H and O–H groups in total. The zero-order chi connectivity index (χ0) is 29.2. The number of aromatic amines is 1. The van der Waals surface area contributed by atoms with E-state index in [9.17, 15) is 29.3 Å². The molecule has 12 heteroatoms. The lowest BCUT2D eigenvalue weighted by Gasteiger charge is -2.22. The molecule has 0 amide bonds. The van der Waals surface area contributed by atoms with Crippen molar-refractivity contribution in [2.24, 2.45) is 0 Å². The summed E-state index contributed by atoms with van der Waals surface area (Å²) >= 11 is 0. The molecule has 230 valence electrons. The average Bonchev–Trinajstić information content (AvgIpc) is 3.30. The van der Waals surface area contributed by atoms with Crippen LogP contribution in [0.2, 0.25) is 0 Å². The first-order valence-electron chi connectivity index (χ1n) is 14.9. The van der Waals surface area contributed by atoms with E-state index in [0.717, 1.165) is 35.7 Å². The van der Waals surface area contributed by atoms with Gasteiger partial charge in [0.25, 0.3) is 5.56 Å². The van der Waals surface area contributed by atoms with Crippen molar-refractivity contribution in [1.82, 2.24) is 9.55 Å². The van der Waals surface area contributed by atoms with Gasteiger partial charge in [-0.1, -0.05) is 90.4 Å². The lowest BCUT2D eigenvalue weighted by atomic mass is 10.0. The minimum Gasteiger partial charge on any atom is -0.468 e. The molecule has 0 saturated carbocycles. The van der Waals surface area contributed by atoms with E-state index in [2.05, 4.69) is 6.92 Å². The summed E-state index contributed by atoms with van der Waals surface area (Å²) in [7, 11) is -4.54. The summed E-state index contributed by atoms with van der Waals surface area (Å²) in [5.41, 5.74) is -1.46. The van der Waals surface area contributed by atoms with Crippen LogP contribution in [0.15, 0.2) is 33.7 Å². The molecule has 4 atom stereocenters. The van der Waals surface area contributed by atoms with Crippen molar-refractivity contribution in [3.05, 3.63) is 44.9 Å². The molecule has 40 heavy (non-hydrogen) atoms. The van der Waals surface area contributed by atoms with E-state index in [1.165, 1.54) is 77.0 Å². The van der Waals surface area contributed by atoms with Gasteiger partial charge in [0.2, 0.25) is 12.1 Å². The Hall–Kier alpha value is -1.75. The highest BCUT2D eigenvalue weighted by atomic mass is 31.2. The van der Waals surface area contributed by atoms with Crippen LogP contribution < -0.4 is 11.2 Å². The first kappa shape index (κ1) is 34.5. The van der Waals surface area contributed by atoms with Crippen LogP contribution in [0.1, 0.15) is 109 Å². The van der Waals surface area contributed by atoms with Crippen molar-refractivity contribution < 1.29 is 33.7 Å². The van der Waals surface area contributed by atoms with E-state index < -0.39 is 42.8 Å². The van der Waals surface area contributed by atoms with Gasteiger partial charge >= 0.3 is 13.3 Å². The topological polar surface area (TPSA) is 160 Å². The number of nitrogens with one attached hydrogen (secondary N) is 1. The lowest BCUT2D eigenvalue weighted by Crippen LogP contribution is -2.35. The van der Waals surface area contributed by atoms with E-state index in [4.69, 9.17) is 14.0 Å². The fourth-order valence-corrected chi connectivity index (χ4v) is 5.58. The predicted molar refractivity (Wildman–Crippen MR) is 153 cm³/mol. The molecule has 11 nitrogen and oxygen atoms in total. The summed E-state index contributed by atoms with van der Waals surface area (Å²) in [6.45, 7) is 3.13. The van der Waals surface area contributed by atoms with Crippen molar-refractivity contribution >= 4 is 7.60 Å². The smallest absolute Gasteiger partial charge is 0.364 e. The minimum atomic E-state index is -4.54. The number of hydrogen-bond donors (Lipinski definition) is 4. The van der Waals surface area contributed by atoms with Gasteiger partial charge in [-0.2, -0.15) is 0 Å². The maximum atomic E-state index is 12.5. The molecular formula is C28H49N2O9P. The Morgan fingerprint density at radius 1 is 0.925 bits per heavy atom. The number of aliphatic hydroxyl groups is 2. The number of unbranched alkanes of at least 4 members (excludes halogenated alkanes) is 13. The maximum absolute atomic E-state index is 12.5. The van der Waals surface area contributed by atoms with E-state index in [0.29, 0.717) is 19.6 Å². The van der Waals surface area contributed by atoms with Gasteiger partial charge in [-0.15, -0.1) is 0 Å². The van der Waals surface area contributed by atoms with Gasteiger partial charge in [0, 0.05) is 25.5 Å².